The van der Waals surface area contributed by atoms with E-state index in [2.05, 4.69) is 0 Å². The number of aldehydes is 1. The molecule has 2 aliphatic heterocycles. The van der Waals surface area contributed by atoms with Gasteiger partial charge in [0.2, 0.25) is 0 Å². The number of carbonyl (C=O) groups excluding carboxylic acids is 1. The van der Waals surface area contributed by atoms with Gasteiger partial charge in [0.1, 0.15) is 48.8 Å². The molecule has 0 aromatic rings. The summed E-state index contributed by atoms with van der Waals surface area (Å²) in [6.07, 6.45) is -12.4. The van der Waals surface area contributed by atoms with E-state index in [0.29, 0.717) is 0 Å². The van der Waals surface area contributed by atoms with Gasteiger partial charge >= 0.3 is 0 Å². The van der Waals surface area contributed by atoms with Crippen LogP contribution in [0.1, 0.15) is 0 Å². The summed E-state index contributed by atoms with van der Waals surface area (Å²) in [6.45, 7) is -0.792. The Bertz CT molecular complexity index is 379. The van der Waals surface area contributed by atoms with Crippen molar-refractivity contribution >= 4 is 6.29 Å². The fraction of sp³-hybridized carbons (Fsp3) is 0.917. The normalized spacial score (nSPS) is 40.0. The van der Waals surface area contributed by atoms with Crippen molar-refractivity contribution in [2.45, 2.75) is 55.1 Å². The molecule has 0 unspecified atom stereocenters. The van der Waals surface area contributed by atoms with E-state index in [1.54, 1.807) is 0 Å². The van der Waals surface area contributed by atoms with Crippen molar-refractivity contribution in [2.75, 3.05) is 13.2 Å². The highest BCUT2D eigenvalue weighted by Gasteiger charge is 2.52. The number of aliphatic hydroxyl groups excluding tert-OH is 6. The Morgan fingerprint density at radius 2 is 1.91 bits per heavy atom. The monoisotopic (exact) mass is 324 g/mol. The highest BCUT2D eigenvalue weighted by atomic mass is 16.7. The van der Waals surface area contributed by atoms with Gasteiger partial charge in [0, 0.05) is 0 Å². The van der Waals surface area contributed by atoms with Crippen molar-refractivity contribution < 1.29 is 49.6 Å². The number of rotatable bonds is 7. The molecule has 2 fully saturated rings. The van der Waals surface area contributed by atoms with Gasteiger partial charge in [0.25, 0.3) is 0 Å². The van der Waals surface area contributed by atoms with Crippen molar-refractivity contribution in [3.8, 4) is 0 Å². The molecular formula is C12H20O10. The Balaban J connectivity index is 2.08. The molecule has 0 radical (unpaired) electrons. The van der Waals surface area contributed by atoms with Gasteiger partial charge in [-0.2, -0.15) is 0 Å². The van der Waals surface area contributed by atoms with E-state index in [1.165, 1.54) is 0 Å². The molecule has 22 heavy (non-hydrogen) atoms. The van der Waals surface area contributed by atoms with Crippen LogP contribution in [0.5, 0.6) is 0 Å². The minimum absolute atomic E-state index is 0.0332. The molecule has 0 saturated carbocycles. The maximum atomic E-state index is 10.7. The lowest BCUT2D eigenvalue weighted by Gasteiger charge is -2.38. The second-order valence-corrected chi connectivity index (χ2v) is 5.29. The lowest BCUT2D eigenvalue weighted by Crippen LogP contribution is -2.58. The van der Waals surface area contributed by atoms with Crippen LogP contribution in [-0.4, -0.2) is 105 Å². The minimum Gasteiger partial charge on any atom is -0.394 e. The Hall–Kier alpha value is -0.690. The van der Waals surface area contributed by atoms with Crippen LogP contribution in [0.2, 0.25) is 0 Å². The first-order valence-corrected chi connectivity index (χ1v) is 6.79. The fourth-order valence-electron chi connectivity index (χ4n) is 2.48. The summed E-state index contributed by atoms with van der Waals surface area (Å²) in [5.74, 6) is 0. The van der Waals surface area contributed by atoms with E-state index in [1.807, 2.05) is 0 Å². The van der Waals surface area contributed by atoms with E-state index >= 15 is 0 Å². The predicted molar refractivity (Wildman–Crippen MR) is 66.5 cm³/mol. The lowest BCUT2D eigenvalue weighted by molar-refractivity contribution is -0.295. The molecule has 6 N–H and O–H groups in total. The van der Waals surface area contributed by atoms with Crippen molar-refractivity contribution in [2.24, 2.45) is 0 Å². The van der Waals surface area contributed by atoms with Gasteiger partial charge in [0.05, 0.1) is 13.2 Å². The van der Waals surface area contributed by atoms with E-state index in [0.717, 1.165) is 0 Å². The van der Waals surface area contributed by atoms with Crippen LogP contribution in [0, 0.1) is 0 Å². The third kappa shape index (κ3) is 3.30. The number of aliphatic hydroxyl groups is 6. The summed E-state index contributed by atoms with van der Waals surface area (Å²) in [6, 6.07) is 0. The van der Waals surface area contributed by atoms with Crippen LogP contribution in [0.25, 0.3) is 0 Å². The second kappa shape index (κ2) is 7.25. The van der Waals surface area contributed by atoms with E-state index in [-0.39, 0.29) is 12.9 Å². The van der Waals surface area contributed by atoms with Gasteiger partial charge in [-0.25, -0.2) is 0 Å². The first kappa shape index (κ1) is 17.7. The third-order valence-electron chi connectivity index (χ3n) is 3.78. The molecule has 10 nitrogen and oxygen atoms in total. The molecule has 0 aromatic heterocycles. The molecule has 2 bridgehead atoms. The number of hydrogen-bond acceptors (Lipinski definition) is 10. The molecular weight excluding hydrogens is 304 g/mol. The number of fused-ring (bicyclic) bond motifs is 2. The van der Waals surface area contributed by atoms with E-state index in [9.17, 15) is 30.3 Å². The minimum atomic E-state index is -1.82. The SMILES string of the molecule is O=C[C@H](O)[C@@H](O[C@@H]1O[C@@H]2CO[C@@H]([C@@H]1O)[C@@H]2O)[C@@H](O)[C@H](O)CO. The van der Waals surface area contributed by atoms with Crippen LogP contribution in [0.15, 0.2) is 0 Å². The van der Waals surface area contributed by atoms with Crippen molar-refractivity contribution in [3.05, 3.63) is 0 Å². The maximum Gasteiger partial charge on any atom is 0.187 e. The number of ether oxygens (including phenoxy) is 3. The Morgan fingerprint density at radius 1 is 1.23 bits per heavy atom. The van der Waals surface area contributed by atoms with Crippen LogP contribution in [0.4, 0.5) is 0 Å². The van der Waals surface area contributed by atoms with Gasteiger partial charge in [-0.1, -0.05) is 0 Å². The number of carbonyl (C=O) groups is 1. The maximum absolute atomic E-state index is 10.7. The van der Waals surface area contributed by atoms with Crippen molar-refractivity contribution in [3.63, 3.8) is 0 Å². The van der Waals surface area contributed by atoms with Crippen molar-refractivity contribution in [1.82, 2.24) is 0 Å². The first-order chi connectivity index (χ1) is 10.4. The van der Waals surface area contributed by atoms with Gasteiger partial charge in [0.15, 0.2) is 12.6 Å². The zero-order valence-corrected chi connectivity index (χ0v) is 11.5. The highest BCUT2D eigenvalue weighted by Crippen LogP contribution is 2.31. The summed E-state index contributed by atoms with van der Waals surface area (Å²) in [5.41, 5.74) is 0. The zero-order chi connectivity index (χ0) is 16.4. The zero-order valence-electron chi connectivity index (χ0n) is 11.5. The van der Waals surface area contributed by atoms with Crippen LogP contribution in [0.3, 0.4) is 0 Å². The summed E-state index contributed by atoms with van der Waals surface area (Å²) in [4.78, 5) is 10.7. The highest BCUT2D eigenvalue weighted by molar-refractivity contribution is 5.56. The average molecular weight is 324 g/mol. The van der Waals surface area contributed by atoms with Gasteiger partial charge < -0.3 is 49.6 Å². The second-order valence-electron chi connectivity index (χ2n) is 5.29. The van der Waals surface area contributed by atoms with Gasteiger partial charge in [-0.05, 0) is 0 Å². The van der Waals surface area contributed by atoms with E-state index in [4.69, 9.17) is 19.3 Å². The first-order valence-electron chi connectivity index (χ1n) is 6.79. The summed E-state index contributed by atoms with van der Waals surface area (Å²) >= 11 is 0. The molecule has 10 heteroatoms. The van der Waals surface area contributed by atoms with Crippen LogP contribution >= 0.6 is 0 Å². The quantitative estimate of drug-likeness (QED) is 0.251. The summed E-state index contributed by atoms with van der Waals surface area (Å²) in [5, 5.41) is 57.4. The lowest BCUT2D eigenvalue weighted by atomic mass is 10.0. The molecule has 0 amide bonds. The van der Waals surface area contributed by atoms with Crippen LogP contribution in [-0.2, 0) is 19.0 Å². The third-order valence-corrected chi connectivity index (χ3v) is 3.78. The fourth-order valence-corrected chi connectivity index (χ4v) is 2.48. The van der Waals surface area contributed by atoms with Crippen molar-refractivity contribution in [1.29, 1.82) is 0 Å². The predicted octanol–water partition coefficient (Wildman–Crippen LogP) is -4.51. The largest absolute Gasteiger partial charge is 0.394 e. The molecule has 2 saturated heterocycles. The standard InChI is InChI=1S/C12H20O10/c13-1-4(15)7(17)10(5(16)2-14)22-12-9(19)11-8(18)6(21-12)3-20-11/h2,4-13,15-19H,1,3H2/t4-,5+,6-,7+,8-,9+,10-,11-,12+/m1/s1. The number of hydrogen-bond donors (Lipinski definition) is 6. The molecule has 128 valence electrons. The van der Waals surface area contributed by atoms with Gasteiger partial charge in [-0.3, -0.25) is 0 Å². The summed E-state index contributed by atoms with van der Waals surface area (Å²) in [7, 11) is 0. The molecule has 0 spiro atoms. The Kier molecular flexibility index (Phi) is 5.82. The van der Waals surface area contributed by atoms with Gasteiger partial charge in [-0.15, -0.1) is 0 Å². The van der Waals surface area contributed by atoms with Crippen LogP contribution < -0.4 is 0 Å². The molecule has 0 aromatic carbocycles. The summed E-state index contributed by atoms with van der Waals surface area (Å²) < 4.78 is 15.6. The molecule has 2 aliphatic rings. The molecule has 2 rings (SSSR count). The topological polar surface area (TPSA) is 166 Å². The average Bonchev–Trinajstić information content (AvgIpc) is 2.79. The Morgan fingerprint density at radius 3 is 2.50 bits per heavy atom. The molecule has 9 atom stereocenters. The Labute approximate surface area is 125 Å². The smallest absolute Gasteiger partial charge is 0.187 e. The van der Waals surface area contributed by atoms with E-state index < -0.39 is 61.7 Å². The molecule has 0 aliphatic carbocycles. The molecule has 2 heterocycles.